The van der Waals surface area contributed by atoms with Gasteiger partial charge in [0.1, 0.15) is 0 Å². The summed E-state index contributed by atoms with van der Waals surface area (Å²) in [6.45, 7) is 8.05. The lowest BCUT2D eigenvalue weighted by molar-refractivity contribution is -0.0375. The molecule has 12 heavy (non-hydrogen) atoms. The molecule has 0 bridgehead atoms. The third kappa shape index (κ3) is 2.76. The maximum Gasteiger partial charge on any atom is 0.0638 e. The summed E-state index contributed by atoms with van der Waals surface area (Å²) < 4.78 is 0. The van der Waals surface area contributed by atoms with Crippen molar-refractivity contribution in [2.24, 2.45) is 11.3 Å². The Morgan fingerprint density at radius 1 is 1.33 bits per heavy atom. The van der Waals surface area contributed by atoms with Crippen molar-refractivity contribution in [2.45, 2.75) is 46.6 Å². The predicted molar refractivity (Wildman–Crippen MR) is 50.9 cm³/mol. The van der Waals surface area contributed by atoms with Crippen molar-refractivity contribution in [1.29, 1.82) is 0 Å². The Bertz CT molecular complexity index is 123. The molecule has 2 nitrogen and oxygen atoms in total. The van der Waals surface area contributed by atoms with E-state index in [9.17, 15) is 10.2 Å². The minimum absolute atomic E-state index is 0.0696. The van der Waals surface area contributed by atoms with E-state index in [1.54, 1.807) is 0 Å². The largest absolute Gasteiger partial charge is 0.396 e. The second kappa shape index (κ2) is 4.83. The third-order valence-electron chi connectivity index (χ3n) is 2.53. The number of aliphatic hydroxyl groups is 2. The zero-order chi connectivity index (χ0) is 9.78. The minimum atomic E-state index is -0.401. The first kappa shape index (κ1) is 11.9. The van der Waals surface area contributed by atoms with Gasteiger partial charge in [0.05, 0.1) is 12.7 Å². The molecule has 0 aliphatic rings. The summed E-state index contributed by atoms with van der Waals surface area (Å²) in [7, 11) is 0. The normalized spacial score (nSPS) is 19.2. The number of rotatable bonds is 5. The molecule has 0 aliphatic carbocycles. The van der Waals surface area contributed by atoms with E-state index in [1.807, 2.05) is 20.8 Å². The Morgan fingerprint density at radius 3 is 2.08 bits per heavy atom. The van der Waals surface area contributed by atoms with E-state index in [0.29, 0.717) is 0 Å². The van der Waals surface area contributed by atoms with Crippen molar-refractivity contribution in [3.8, 4) is 0 Å². The van der Waals surface area contributed by atoms with Gasteiger partial charge in [-0.3, -0.25) is 0 Å². The molecule has 0 heterocycles. The lowest BCUT2D eigenvalue weighted by atomic mass is 9.76. The molecule has 2 unspecified atom stereocenters. The van der Waals surface area contributed by atoms with Crippen LogP contribution >= 0.6 is 0 Å². The van der Waals surface area contributed by atoms with Gasteiger partial charge in [-0.1, -0.05) is 34.1 Å². The predicted octanol–water partition coefficient (Wildman–Crippen LogP) is 1.80. The zero-order valence-electron chi connectivity index (χ0n) is 8.67. The average molecular weight is 174 g/mol. The Hall–Kier alpha value is -0.0800. The van der Waals surface area contributed by atoms with E-state index in [4.69, 9.17) is 0 Å². The molecule has 0 spiro atoms. The summed E-state index contributed by atoms with van der Waals surface area (Å²) in [5.74, 6) is 0.216. The first-order chi connectivity index (χ1) is 5.48. The fourth-order valence-corrected chi connectivity index (χ4v) is 1.70. The first-order valence-electron chi connectivity index (χ1n) is 4.77. The second-order valence-electron chi connectivity index (χ2n) is 4.25. The molecule has 0 rings (SSSR count). The van der Waals surface area contributed by atoms with Gasteiger partial charge in [-0.05, 0) is 12.3 Å². The van der Waals surface area contributed by atoms with Crippen molar-refractivity contribution in [3.63, 3.8) is 0 Å². The van der Waals surface area contributed by atoms with Crippen LogP contribution in [0.1, 0.15) is 40.5 Å². The molecule has 2 heteroatoms. The van der Waals surface area contributed by atoms with Gasteiger partial charge in [0.15, 0.2) is 0 Å². The Morgan fingerprint density at radius 2 is 1.83 bits per heavy atom. The fourth-order valence-electron chi connectivity index (χ4n) is 1.70. The summed E-state index contributed by atoms with van der Waals surface area (Å²) in [6, 6.07) is 0. The Labute approximate surface area is 75.6 Å². The molecule has 2 atom stereocenters. The second-order valence-corrected chi connectivity index (χ2v) is 4.25. The molecule has 0 aromatic rings. The topological polar surface area (TPSA) is 40.5 Å². The highest BCUT2D eigenvalue weighted by molar-refractivity contribution is 4.83. The molecular weight excluding hydrogens is 152 g/mol. The van der Waals surface area contributed by atoms with Crippen LogP contribution in [0.2, 0.25) is 0 Å². The van der Waals surface area contributed by atoms with Crippen LogP contribution in [0.25, 0.3) is 0 Å². The smallest absolute Gasteiger partial charge is 0.0638 e. The van der Waals surface area contributed by atoms with Crippen molar-refractivity contribution in [3.05, 3.63) is 0 Å². The van der Waals surface area contributed by atoms with Crippen LogP contribution in [0.4, 0.5) is 0 Å². The molecule has 0 saturated heterocycles. The lowest BCUT2D eigenvalue weighted by Crippen LogP contribution is -2.39. The number of aliphatic hydroxyl groups excluding tert-OH is 2. The fraction of sp³-hybridized carbons (Fsp3) is 1.00. The monoisotopic (exact) mass is 174 g/mol. The maximum atomic E-state index is 9.82. The maximum absolute atomic E-state index is 9.82. The van der Waals surface area contributed by atoms with Crippen LogP contribution in [0.15, 0.2) is 0 Å². The van der Waals surface area contributed by atoms with Gasteiger partial charge < -0.3 is 10.2 Å². The molecule has 0 aromatic heterocycles. The van der Waals surface area contributed by atoms with E-state index in [0.717, 1.165) is 12.8 Å². The molecule has 0 amide bonds. The highest BCUT2D eigenvalue weighted by atomic mass is 16.3. The van der Waals surface area contributed by atoms with Gasteiger partial charge in [0, 0.05) is 5.41 Å². The quantitative estimate of drug-likeness (QED) is 0.667. The zero-order valence-corrected chi connectivity index (χ0v) is 8.67. The van der Waals surface area contributed by atoms with Gasteiger partial charge in [0.25, 0.3) is 0 Å². The summed E-state index contributed by atoms with van der Waals surface area (Å²) >= 11 is 0. The van der Waals surface area contributed by atoms with E-state index in [2.05, 4.69) is 6.92 Å². The molecule has 2 N–H and O–H groups in total. The van der Waals surface area contributed by atoms with Crippen LogP contribution < -0.4 is 0 Å². The van der Waals surface area contributed by atoms with Crippen LogP contribution in [0.5, 0.6) is 0 Å². The SMILES string of the molecule is CCCC(C)(CO)C(O)C(C)C. The number of hydrogen-bond acceptors (Lipinski definition) is 2. The van der Waals surface area contributed by atoms with E-state index < -0.39 is 6.10 Å². The highest BCUT2D eigenvalue weighted by Gasteiger charge is 2.33. The third-order valence-corrected chi connectivity index (χ3v) is 2.53. The van der Waals surface area contributed by atoms with Gasteiger partial charge in [-0.25, -0.2) is 0 Å². The van der Waals surface area contributed by atoms with Crippen molar-refractivity contribution in [1.82, 2.24) is 0 Å². The van der Waals surface area contributed by atoms with Gasteiger partial charge in [-0.2, -0.15) is 0 Å². The van der Waals surface area contributed by atoms with Crippen molar-refractivity contribution < 1.29 is 10.2 Å². The van der Waals surface area contributed by atoms with Crippen LogP contribution in [-0.4, -0.2) is 22.9 Å². The van der Waals surface area contributed by atoms with E-state index >= 15 is 0 Å². The summed E-state index contributed by atoms with van der Waals surface area (Å²) in [6.07, 6.45) is 1.48. The van der Waals surface area contributed by atoms with Crippen molar-refractivity contribution in [2.75, 3.05) is 6.61 Å². The van der Waals surface area contributed by atoms with E-state index in [-0.39, 0.29) is 17.9 Å². The lowest BCUT2D eigenvalue weighted by Gasteiger charge is -2.34. The van der Waals surface area contributed by atoms with Gasteiger partial charge in [-0.15, -0.1) is 0 Å². The number of hydrogen-bond donors (Lipinski definition) is 2. The van der Waals surface area contributed by atoms with Crippen LogP contribution in [0, 0.1) is 11.3 Å². The Kier molecular flexibility index (Phi) is 4.80. The molecule has 0 saturated carbocycles. The molecule has 0 radical (unpaired) electrons. The standard InChI is InChI=1S/C10H22O2/c1-5-6-10(4,7-11)9(12)8(2)3/h8-9,11-12H,5-7H2,1-4H3. The Balaban J connectivity index is 4.28. The van der Waals surface area contributed by atoms with Crippen LogP contribution in [0.3, 0.4) is 0 Å². The van der Waals surface area contributed by atoms with Crippen LogP contribution in [-0.2, 0) is 0 Å². The summed E-state index contributed by atoms with van der Waals surface area (Å²) in [5.41, 5.74) is -0.317. The van der Waals surface area contributed by atoms with Crippen molar-refractivity contribution >= 4 is 0 Å². The average Bonchev–Trinajstić information content (AvgIpc) is 2.03. The minimum Gasteiger partial charge on any atom is -0.396 e. The molecule has 0 aromatic carbocycles. The van der Waals surface area contributed by atoms with Gasteiger partial charge >= 0.3 is 0 Å². The molecule has 74 valence electrons. The summed E-state index contributed by atoms with van der Waals surface area (Å²) in [5, 5.41) is 19.0. The summed E-state index contributed by atoms with van der Waals surface area (Å²) in [4.78, 5) is 0. The highest BCUT2D eigenvalue weighted by Crippen LogP contribution is 2.30. The van der Waals surface area contributed by atoms with E-state index in [1.165, 1.54) is 0 Å². The first-order valence-corrected chi connectivity index (χ1v) is 4.77. The van der Waals surface area contributed by atoms with Gasteiger partial charge in [0.2, 0.25) is 0 Å². The molecule has 0 aliphatic heterocycles. The molecular formula is C10H22O2. The molecule has 0 fully saturated rings.